The van der Waals surface area contributed by atoms with E-state index < -0.39 is 0 Å². The van der Waals surface area contributed by atoms with Crippen LogP contribution in [0.2, 0.25) is 0 Å². The zero-order valence-corrected chi connectivity index (χ0v) is 12.1. The van der Waals surface area contributed by atoms with Gasteiger partial charge in [0.25, 0.3) is 0 Å². The van der Waals surface area contributed by atoms with E-state index in [0.717, 1.165) is 31.6 Å². The van der Waals surface area contributed by atoms with Crippen molar-refractivity contribution in [3.05, 3.63) is 11.8 Å². The topological polar surface area (TPSA) is 59.2 Å². The van der Waals surface area contributed by atoms with Crippen molar-refractivity contribution in [3.63, 3.8) is 0 Å². The van der Waals surface area contributed by atoms with Crippen molar-refractivity contribution >= 4 is 0 Å². The minimum Gasteiger partial charge on any atom is -0.474 e. The van der Waals surface area contributed by atoms with Crippen molar-refractivity contribution in [2.24, 2.45) is 5.92 Å². The van der Waals surface area contributed by atoms with Gasteiger partial charge in [0.1, 0.15) is 6.61 Å². The number of aromatic nitrogens is 2. The van der Waals surface area contributed by atoms with E-state index in [2.05, 4.69) is 29.4 Å². The highest BCUT2D eigenvalue weighted by molar-refractivity contribution is 5.12. The fourth-order valence-corrected chi connectivity index (χ4v) is 2.23. The number of nitrogens with zero attached hydrogens (tertiary/aromatic N) is 1. The summed E-state index contributed by atoms with van der Waals surface area (Å²) in [6.07, 6.45) is 2.70. The van der Waals surface area contributed by atoms with Gasteiger partial charge >= 0.3 is 0 Å². The summed E-state index contributed by atoms with van der Waals surface area (Å²) in [5, 5.41) is 10.4. The second-order valence-electron chi connectivity index (χ2n) is 5.71. The SMILES string of the molecule is Cc1cc(OCC2CCC(CNCC(C)C)O2)n[nH]1. The van der Waals surface area contributed by atoms with Gasteiger partial charge in [0.05, 0.1) is 12.2 Å². The molecule has 0 radical (unpaired) electrons. The van der Waals surface area contributed by atoms with Crippen LogP contribution in [0.15, 0.2) is 6.07 Å². The third kappa shape index (κ3) is 4.84. The van der Waals surface area contributed by atoms with E-state index in [1.54, 1.807) is 0 Å². The largest absolute Gasteiger partial charge is 0.474 e. The van der Waals surface area contributed by atoms with Gasteiger partial charge in [0.2, 0.25) is 5.88 Å². The lowest BCUT2D eigenvalue weighted by Gasteiger charge is -2.15. The van der Waals surface area contributed by atoms with Gasteiger partial charge in [-0.25, -0.2) is 0 Å². The Morgan fingerprint density at radius 3 is 2.95 bits per heavy atom. The molecule has 1 aromatic heterocycles. The molecule has 108 valence electrons. The average Bonchev–Trinajstić information content (AvgIpc) is 2.95. The zero-order chi connectivity index (χ0) is 13.7. The first-order valence-corrected chi connectivity index (χ1v) is 7.14. The Hall–Kier alpha value is -1.07. The summed E-state index contributed by atoms with van der Waals surface area (Å²) in [5.41, 5.74) is 1.01. The number of H-pyrrole nitrogens is 1. The molecule has 2 unspecified atom stereocenters. The highest BCUT2D eigenvalue weighted by atomic mass is 16.5. The lowest BCUT2D eigenvalue weighted by molar-refractivity contribution is 0.0174. The molecule has 0 aliphatic carbocycles. The van der Waals surface area contributed by atoms with E-state index in [9.17, 15) is 0 Å². The van der Waals surface area contributed by atoms with Crippen molar-refractivity contribution in [2.75, 3.05) is 19.7 Å². The second kappa shape index (κ2) is 6.91. The minimum absolute atomic E-state index is 0.197. The summed E-state index contributed by atoms with van der Waals surface area (Å²) in [6, 6.07) is 1.90. The zero-order valence-electron chi connectivity index (χ0n) is 12.1. The van der Waals surface area contributed by atoms with Gasteiger partial charge in [-0.15, -0.1) is 5.10 Å². The van der Waals surface area contributed by atoms with Gasteiger partial charge < -0.3 is 14.8 Å². The van der Waals surface area contributed by atoms with Crippen molar-refractivity contribution in [2.45, 2.75) is 45.8 Å². The van der Waals surface area contributed by atoms with E-state index in [-0.39, 0.29) is 6.10 Å². The summed E-state index contributed by atoms with van der Waals surface area (Å²) in [4.78, 5) is 0. The summed E-state index contributed by atoms with van der Waals surface area (Å²) >= 11 is 0. The van der Waals surface area contributed by atoms with Crippen LogP contribution in [0, 0.1) is 12.8 Å². The fourth-order valence-electron chi connectivity index (χ4n) is 2.23. The lowest BCUT2D eigenvalue weighted by Crippen LogP contribution is -2.30. The Morgan fingerprint density at radius 2 is 2.26 bits per heavy atom. The molecule has 0 aromatic carbocycles. The molecule has 0 bridgehead atoms. The molecule has 0 amide bonds. The molecule has 2 heterocycles. The van der Waals surface area contributed by atoms with Crippen LogP contribution in [0.5, 0.6) is 5.88 Å². The molecule has 1 aromatic rings. The standard InChI is InChI=1S/C14H25N3O2/c1-10(2)7-15-8-12-4-5-13(19-12)9-18-14-6-11(3)16-17-14/h6,10,12-13,15H,4-5,7-9H2,1-3H3,(H,16,17). The molecular weight excluding hydrogens is 242 g/mol. The van der Waals surface area contributed by atoms with Crippen LogP contribution < -0.4 is 10.1 Å². The first-order valence-electron chi connectivity index (χ1n) is 7.14. The van der Waals surface area contributed by atoms with Crippen LogP contribution in [-0.4, -0.2) is 42.1 Å². The summed E-state index contributed by atoms with van der Waals surface area (Å²) in [7, 11) is 0. The maximum Gasteiger partial charge on any atom is 0.232 e. The normalized spacial score (nSPS) is 23.2. The Kier molecular flexibility index (Phi) is 5.22. The Labute approximate surface area is 115 Å². The predicted octanol–water partition coefficient (Wildman–Crippen LogP) is 1.89. The van der Waals surface area contributed by atoms with Crippen LogP contribution in [-0.2, 0) is 4.74 Å². The molecule has 1 saturated heterocycles. The maximum atomic E-state index is 5.95. The van der Waals surface area contributed by atoms with E-state index in [4.69, 9.17) is 9.47 Å². The molecule has 2 rings (SSSR count). The summed E-state index contributed by atoms with van der Waals surface area (Å²) < 4.78 is 11.6. The number of aromatic amines is 1. The first-order chi connectivity index (χ1) is 9.13. The van der Waals surface area contributed by atoms with E-state index in [0.29, 0.717) is 24.5 Å². The molecule has 1 aliphatic rings. The third-order valence-corrected chi connectivity index (χ3v) is 3.22. The van der Waals surface area contributed by atoms with Gasteiger partial charge in [-0.3, -0.25) is 5.10 Å². The highest BCUT2D eigenvalue weighted by Gasteiger charge is 2.25. The molecule has 1 fully saturated rings. The Morgan fingerprint density at radius 1 is 1.47 bits per heavy atom. The van der Waals surface area contributed by atoms with Crippen molar-refractivity contribution < 1.29 is 9.47 Å². The van der Waals surface area contributed by atoms with Gasteiger partial charge in [0, 0.05) is 18.3 Å². The number of hydrogen-bond acceptors (Lipinski definition) is 4. The first kappa shape index (κ1) is 14.3. The van der Waals surface area contributed by atoms with Crippen LogP contribution in [0.3, 0.4) is 0 Å². The third-order valence-electron chi connectivity index (χ3n) is 3.22. The van der Waals surface area contributed by atoms with Crippen molar-refractivity contribution in [1.82, 2.24) is 15.5 Å². The minimum atomic E-state index is 0.197. The number of nitrogens with one attached hydrogen (secondary N) is 2. The van der Waals surface area contributed by atoms with Crippen LogP contribution >= 0.6 is 0 Å². The molecular formula is C14H25N3O2. The Balaban J connectivity index is 1.62. The van der Waals surface area contributed by atoms with Gasteiger partial charge in [-0.05, 0) is 32.2 Å². The number of rotatable bonds is 7. The van der Waals surface area contributed by atoms with E-state index >= 15 is 0 Å². The molecule has 5 nitrogen and oxygen atoms in total. The van der Waals surface area contributed by atoms with Crippen LogP contribution in [0.4, 0.5) is 0 Å². The van der Waals surface area contributed by atoms with Gasteiger partial charge in [0.15, 0.2) is 0 Å². The average molecular weight is 267 g/mol. The number of hydrogen-bond donors (Lipinski definition) is 2. The van der Waals surface area contributed by atoms with E-state index in [1.165, 1.54) is 0 Å². The van der Waals surface area contributed by atoms with Gasteiger partial charge in [-0.1, -0.05) is 13.8 Å². The van der Waals surface area contributed by atoms with E-state index in [1.807, 2.05) is 13.0 Å². The van der Waals surface area contributed by atoms with Crippen LogP contribution in [0.25, 0.3) is 0 Å². The van der Waals surface area contributed by atoms with Crippen LogP contribution in [0.1, 0.15) is 32.4 Å². The molecule has 1 aliphatic heterocycles. The monoisotopic (exact) mass is 267 g/mol. The lowest BCUT2D eigenvalue weighted by atomic mass is 10.2. The molecule has 19 heavy (non-hydrogen) atoms. The van der Waals surface area contributed by atoms with Gasteiger partial charge in [-0.2, -0.15) is 0 Å². The molecule has 0 saturated carbocycles. The maximum absolute atomic E-state index is 5.95. The smallest absolute Gasteiger partial charge is 0.232 e. The predicted molar refractivity (Wildman–Crippen MR) is 74.4 cm³/mol. The molecule has 2 N–H and O–H groups in total. The number of aryl methyl sites for hydroxylation is 1. The molecule has 0 spiro atoms. The van der Waals surface area contributed by atoms with Crippen molar-refractivity contribution in [1.29, 1.82) is 0 Å². The summed E-state index contributed by atoms with van der Waals surface area (Å²) in [5.74, 6) is 1.34. The molecule has 2 atom stereocenters. The Bertz CT molecular complexity index is 379. The number of ether oxygens (including phenoxy) is 2. The summed E-state index contributed by atoms with van der Waals surface area (Å²) in [6.45, 7) is 8.97. The second-order valence-corrected chi connectivity index (χ2v) is 5.71. The quantitative estimate of drug-likeness (QED) is 0.792. The fraction of sp³-hybridized carbons (Fsp3) is 0.786. The highest BCUT2D eigenvalue weighted by Crippen LogP contribution is 2.20. The molecule has 5 heteroatoms. The van der Waals surface area contributed by atoms with Crippen molar-refractivity contribution in [3.8, 4) is 5.88 Å².